The SMILES string of the molecule is Cc1ccc(NCc2cc(Br)cs2)cn1. The van der Waals surface area contributed by atoms with Gasteiger partial charge in [-0.1, -0.05) is 0 Å². The second-order valence-corrected chi connectivity index (χ2v) is 5.18. The molecule has 2 aromatic heterocycles. The van der Waals surface area contributed by atoms with E-state index >= 15 is 0 Å². The molecule has 2 heterocycles. The van der Waals surface area contributed by atoms with Crippen LogP contribution in [0.15, 0.2) is 34.2 Å². The van der Waals surface area contributed by atoms with E-state index < -0.39 is 0 Å². The molecule has 0 radical (unpaired) electrons. The van der Waals surface area contributed by atoms with E-state index in [9.17, 15) is 0 Å². The van der Waals surface area contributed by atoms with Crippen LogP contribution in [0.1, 0.15) is 10.6 Å². The highest BCUT2D eigenvalue weighted by Crippen LogP contribution is 2.20. The summed E-state index contributed by atoms with van der Waals surface area (Å²) in [5, 5.41) is 5.42. The Labute approximate surface area is 101 Å². The number of aromatic nitrogens is 1. The first-order valence-electron chi connectivity index (χ1n) is 4.63. The molecule has 2 rings (SSSR count). The largest absolute Gasteiger partial charge is 0.379 e. The molecule has 0 bridgehead atoms. The first-order chi connectivity index (χ1) is 7.24. The standard InChI is InChI=1S/C11H11BrN2S/c1-8-2-3-10(5-13-8)14-6-11-4-9(12)7-15-11/h2-5,7,14H,6H2,1H3. The van der Waals surface area contributed by atoms with E-state index in [-0.39, 0.29) is 0 Å². The molecule has 0 atom stereocenters. The second-order valence-electron chi connectivity index (χ2n) is 3.27. The third-order valence-electron chi connectivity index (χ3n) is 2.00. The molecule has 0 saturated carbocycles. The number of nitrogens with zero attached hydrogens (tertiary/aromatic N) is 1. The van der Waals surface area contributed by atoms with E-state index in [0.29, 0.717) is 0 Å². The Hall–Kier alpha value is -0.870. The minimum Gasteiger partial charge on any atom is -0.379 e. The van der Waals surface area contributed by atoms with Crippen molar-refractivity contribution in [2.75, 3.05) is 5.32 Å². The fraction of sp³-hybridized carbons (Fsp3) is 0.182. The van der Waals surface area contributed by atoms with E-state index in [2.05, 4.69) is 37.7 Å². The summed E-state index contributed by atoms with van der Waals surface area (Å²) in [4.78, 5) is 5.54. The van der Waals surface area contributed by atoms with Gasteiger partial charge < -0.3 is 5.32 Å². The Morgan fingerprint density at radius 2 is 2.33 bits per heavy atom. The summed E-state index contributed by atoms with van der Waals surface area (Å²) in [5.74, 6) is 0. The summed E-state index contributed by atoms with van der Waals surface area (Å²) in [6, 6.07) is 6.18. The topological polar surface area (TPSA) is 24.9 Å². The predicted octanol–water partition coefficient (Wildman–Crippen LogP) is 3.83. The number of nitrogens with one attached hydrogen (secondary N) is 1. The molecule has 0 spiro atoms. The van der Waals surface area contributed by atoms with Crippen molar-refractivity contribution >= 4 is 33.0 Å². The third-order valence-corrected chi connectivity index (χ3v) is 3.70. The molecule has 0 aliphatic carbocycles. The number of anilines is 1. The average Bonchev–Trinajstić information content (AvgIpc) is 2.64. The lowest BCUT2D eigenvalue weighted by Gasteiger charge is -2.03. The average molecular weight is 283 g/mol. The normalized spacial score (nSPS) is 10.3. The van der Waals surface area contributed by atoms with Gasteiger partial charge in [-0.25, -0.2) is 0 Å². The minimum atomic E-state index is 0.848. The molecule has 0 saturated heterocycles. The highest BCUT2D eigenvalue weighted by molar-refractivity contribution is 9.10. The van der Waals surface area contributed by atoms with Gasteiger partial charge in [-0.05, 0) is 41.1 Å². The van der Waals surface area contributed by atoms with Gasteiger partial charge in [-0.3, -0.25) is 4.98 Å². The van der Waals surface area contributed by atoms with E-state index in [4.69, 9.17) is 0 Å². The van der Waals surface area contributed by atoms with Crippen LogP contribution in [0.2, 0.25) is 0 Å². The molecular formula is C11H11BrN2S. The summed E-state index contributed by atoms with van der Waals surface area (Å²) in [5.41, 5.74) is 2.10. The van der Waals surface area contributed by atoms with Crippen LogP contribution < -0.4 is 5.32 Å². The smallest absolute Gasteiger partial charge is 0.0529 e. The van der Waals surface area contributed by atoms with Crippen molar-refractivity contribution in [2.24, 2.45) is 0 Å². The summed E-state index contributed by atoms with van der Waals surface area (Å²) in [7, 11) is 0. The number of halogens is 1. The van der Waals surface area contributed by atoms with Crippen molar-refractivity contribution in [3.05, 3.63) is 44.8 Å². The summed E-state index contributed by atoms with van der Waals surface area (Å²) in [6.07, 6.45) is 1.86. The molecule has 0 amide bonds. The number of thiophene rings is 1. The first-order valence-corrected chi connectivity index (χ1v) is 6.31. The van der Waals surface area contributed by atoms with Gasteiger partial charge in [-0.15, -0.1) is 11.3 Å². The first kappa shape index (κ1) is 10.6. The van der Waals surface area contributed by atoms with E-state index in [1.807, 2.05) is 25.3 Å². The third kappa shape index (κ3) is 3.04. The molecule has 0 aliphatic heterocycles. The van der Waals surface area contributed by atoms with Crippen LogP contribution in [0.25, 0.3) is 0 Å². The number of hydrogen-bond acceptors (Lipinski definition) is 3. The minimum absolute atomic E-state index is 0.848. The highest BCUT2D eigenvalue weighted by Gasteiger charge is 1.97. The maximum absolute atomic E-state index is 4.23. The Balaban J connectivity index is 1.96. The molecule has 0 unspecified atom stereocenters. The van der Waals surface area contributed by atoms with Crippen molar-refractivity contribution in [1.82, 2.24) is 4.98 Å². The Bertz CT molecular complexity index is 436. The second kappa shape index (κ2) is 4.77. The molecule has 78 valence electrons. The number of rotatable bonds is 3. The van der Waals surface area contributed by atoms with Gasteiger partial charge in [0.05, 0.1) is 11.9 Å². The molecule has 2 nitrogen and oxygen atoms in total. The van der Waals surface area contributed by atoms with Crippen molar-refractivity contribution in [3.63, 3.8) is 0 Å². The predicted molar refractivity (Wildman–Crippen MR) is 68.3 cm³/mol. The molecule has 2 aromatic rings. The van der Waals surface area contributed by atoms with Crippen molar-refractivity contribution in [1.29, 1.82) is 0 Å². The van der Waals surface area contributed by atoms with Gasteiger partial charge in [0.15, 0.2) is 0 Å². The fourth-order valence-corrected chi connectivity index (χ4v) is 2.60. The molecule has 1 N–H and O–H groups in total. The zero-order chi connectivity index (χ0) is 10.7. The van der Waals surface area contributed by atoms with Crippen LogP contribution in [0.5, 0.6) is 0 Å². The van der Waals surface area contributed by atoms with Crippen molar-refractivity contribution < 1.29 is 0 Å². The molecule has 0 aliphatic rings. The Kier molecular flexibility index (Phi) is 3.38. The quantitative estimate of drug-likeness (QED) is 0.926. The lowest BCUT2D eigenvalue weighted by Crippen LogP contribution is -1.97. The molecule has 0 aromatic carbocycles. The monoisotopic (exact) mass is 282 g/mol. The van der Waals surface area contributed by atoms with Crippen LogP contribution in [0.3, 0.4) is 0 Å². The van der Waals surface area contributed by atoms with E-state index in [1.54, 1.807) is 11.3 Å². The summed E-state index contributed by atoms with van der Waals surface area (Å²) >= 11 is 5.18. The summed E-state index contributed by atoms with van der Waals surface area (Å²) in [6.45, 7) is 2.83. The van der Waals surface area contributed by atoms with Crippen molar-refractivity contribution in [2.45, 2.75) is 13.5 Å². The molecule has 4 heteroatoms. The van der Waals surface area contributed by atoms with Gasteiger partial charge in [0, 0.05) is 27.0 Å². The van der Waals surface area contributed by atoms with Gasteiger partial charge in [0.25, 0.3) is 0 Å². The molecular weight excluding hydrogens is 272 g/mol. The lowest BCUT2D eigenvalue weighted by atomic mass is 10.3. The molecule has 0 fully saturated rings. The summed E-state index contributed by atoms with van der Waals surface area (Å²) < 4.78 is 1.14. The number of pyridine rings is 1. The molecule has 15 heavy (non-hydrogen) atoms. The van der Waals surface area contributed by atoms with Crippen molar-refractivity contribution in [3.8, 4) is 0 Å². The maximum atomic E-state index is 4.23. The van der Waals surface area contributed by atoms with Crippen LogP contribution >= 0.6 is 27.3 Å². The number of aryl methyl sites for hydroxylation is 1. The van der Waals surface area contributed by atoms with Gasteiger partial charge >= 0.3 is 0 Å². The van der Waals surface area contributed by atoms with Gasteiger partial charge in [0.2, 0.25) is 0 Å². The van der Waals surface area contributed by atoms with Gasteiger partial charge in [0.1, 0.15) is 0 Å². The highest BCUT2D eigenvalue weighted by atomic mass is 79.9. The Morgan fingerprint density at radius 3 is 2.93 bits per heavy atom. The zero-order valence-electron chi connectivity index (χ0n) is 8.33. The van der Waals surface area contributed by atoms with Crippen LogP contribution in [-0.4, -0.2) is 4.98 Å². The van der Waals surface area contributed by atoms with E-state index in [1.165, 1.54) is 4.88 Å². The number of hydrogen-bond donors (Lipinski definition) is 1. The van der Waals surface area contributed by atoms with Gasteiger partial charge in [-0.2, -0.15) is 0 Å². The van der Waals surface area contributed by atoms with Crippen LogP contribution in [0, 0.1) is 6.92 Å². The lowest BCUT2D eigenvalue weighted by molar-refractivity contribution is 1.15. The zero-order valence-corrected chi connectivity index (χ0v) is 10.7. The van der Waals surface area contributed by atoms with Crippen LogP contribution in [-0.2, 0) is 6.54 Å². The van der Waals surface area contributed by atoms with E-state index in [0.717, 1.165) is 22.4 Å². The van der Waals surface area contributed by atoms with Crippen LogP contribution in [0.4, 0.5) is 5.69 Å². The maximum Gasteiger partial charge on any atom is 0.0529 e. The Morgan fingerprint density at radius 1 is 1.47 bits per heavy atom. The fourth-order valence-electron chi connectivity index (χ4n) is 1.21.